The third kappa shape index (κ3) is 4.11. The fourth-order valence-corrected chi connectivity index (χ4v) is 8.38. The van der Waals surface area contributed by atoms with Crippen LogP contribution in [0.25, 0.3) is 38.8 Å². The Morgan fingerprint density at radius 1 is 0.739 bits per heavy atom. The molecular formula is C43H39N3+2. The monoisotopic (exact) mass is 597 g/mol. The Kier molecular flexibility index (Phi) is 6.25. The van der Waals surface area contributed by atoms with Gasteiger partial charge in [-0.3, -0.25) is 0 Å². The lowest BCUT2D eigenvalue weighted by molar-refractivity contribution is -0.720. The molecule has 6 aromatic rings. The minimum atomic E-state index is 0.0598. The first-order chi connectivity index (χ1) is 22.6. The minimum absolute atomic E-state index is 0.0598. The molecule has 3 unspecified atom stereocenters. The van der Waals surface area contributed by atoms with E-state index in [2.05, 4.69) is 174 Å². The van der Waals surface area contributed by atoms with Crippen molar-refractivity contribution in [3.63, 3.8) is 0 Å². The SMILES string of the molecule is CC(c1ccc2c(c1)cc(-c1ccccc1-c1cccc[n+]1C1c3ccccc3C3C=CC=CN31)[n+]1ccccc21)C1(C)CCC1. The van der Waals surface area contributed by atoms with Gasteiger partial charge in [-0.2, -0.15) is 8.97 Å². The molecule has 3 aliphatic rings. The topological polar surface area (TPSA) is 11.2 Å². The zero-order valence-electron chi connectivity index (χ0n) is 26.6. The van der Waals surface area contributed by atoms with Crippen LogP contribution in [0.5, 0.6) is 0 Å². The van der Waals surface area contributed by atoms with Crippen LogP contribution >= 0.6 is 0 Å². The maximum absolute atomic E-state index is 2.49. The average Bonchev–Trinajstić information content (AvgIpc) is 3.44. The smallest absolute Gasteiger partial charge is 0.261 e. The first-order valence-electron chi connectivity index (χ1n) is 16.8. The van der Waals surface area contributed by atoms with Gasteiger partial charge in [0, 0.05) is 42.1 Å². The molecule has 9 rings (SSSR count). The van der Waals surface area contributed by atoms with Gasteiger partial charge in [0.2, 0.25) is 16.9 Å². The quantitative estimate of drug-likeness (QED) is 0.142. The number of allylic oxidation sites excluding steroid dienone is 2. The van der Waals surface area contributed by atoms with E-state index >= 15 is 0 Å². The number of pyridine rings is 3. The third-order valence-electron chi connectivity index (χ3n) is 11.3. The van der Waals surface area contributed by atoms with Crippen LogP contribution in [-0.2, 0) is 0 Å². The lowest BCUT2D eigenvalue weighted by Crippen LogP contribution is -2.47. The Bertz CT molecular complexity index is 2200. The third-order valence-corrected chi connectivity index (χ3v) is 11.3. The summed E-state index contributed by atoms with van der Waals surface area (Å²) in [5.74, 6) is 0.542. The normalized spacial score (nSPS) is 20.0. The fourth-order valence-electron chi connectivity index (χ4n) is 8.38. The number of hydrogen-bond donors (Lipinski definition) is 0. The van der Waals surface area contributed by atoms with Crippen molar-refractivity contribution in [3.8, 4) is 22.5 Å². The average molecular weight is 598 g/mol. The number of hydrogen-bond acceptors (Lipinski definition) is 1. The van der Waals surface area contributed by atoms with Crippen molar-refractivity contribution in [1.29, 1.82) is 0 Å². The van der Waals surface area contributed by atoms with Crippen molar-refractivity contribution in [3.05, 3.63) is 163 Å². The highest BCUT2D eigenvalue weighted by atomic mass is 15.3. The number of fused-ring (bicyclic) bond motifs is 6. The molecule has 0 spiro atoms. The summed E-state index contributed by atoms with van der Waals surface area (Å²) < 4.78 is 4.85. The van der Waals surface area contributed by atoms with Crippen LogP contribution in [0.3, 0.4) is 0 Å². The highest BCUT2D eigenvalue weighted by molar-refractivity contribution is 5.96. The summed E-state index contributed by atoms with van der Waals surface area (Å²) >= 11 is 0. The summed E-state index contributed by atoms with van der Waals surface area (Å²) in [6, 6.07) is 40.9. The van der Waals surface area contributed by atoms with Crippen LogP contribution in [0.15, 0.2) is 146 Å². The molecule has 0 bridgehead atoms. The second-order valence-corrected chi connectivity index (χ2v) is 13.7. The molecule has 1 saturated carbocycles. The van der Waals surface area contributed by atoms with Crippen LogP contribution in [0.2, 0.25) is 0 Å². The minimum Gasteiger partial charge on any atom is -0.306 e. The maximum atomic E-state index is 2.49. The van der Waals surface area contributed by atoms with E-state index in [1.807, 2.05) is 0 Å². The van der Waals surface area contributed by atoms with Gasteiger partial charge < -0.3 is 4.90 Å². The maximum Gasteiger partial charge on any atom is 0.261 e. The highest BCUT2D eigenvalue weighted by Crippen LogP contribution is 2.51. The molecule has 46 heavy (non-hydrogen) atoms. The van der Waals surface area contributed by atoms with Crippen molar-refractivity contribution >= 4 is 16.3 Å². The number of benzene rings is 3. The Morgan fingerprint density at radius 3 is 2.30 bits per heavy atom. The van der Waals surface area contributed by atoms with Crippen molar-refractivity contribution in [2.75, 3.05) is 0 Å². The molecule has 2 aliphatic heterocycles. The van der Waals surface area contributed by atoms with Crippen LogP contribution in [0.1, 0.15) is 67.9 Å². The van der Waals surface area contributed by atoms with E-state index in [1.54, 1.807) is 0 Å². The zero-order valence-corrected chi connectivity index (χ0v) is 26.6. The number of rotatable bonds is 5. The van der Waals surface area contributed by atoms with Crippen LogP contribution in [-0.4, -0.2) is 4.90 Å². The van der Waals surface area contributed by atoms with Gasteiger partial charge in [0.15, 0.2) is 12.4 Å². The van der Waals surface area contributed by atoms with Crippen molar-refractivity contribution in [2.24, 2.45) is 5.41 Å². The molecule has 3 atom stereocenters. The van der Waals surface area contributed by atoms with E-state index in [0.717, 1.165) is 0 Å². The number of aromatic nitrogens is 2. The number of nitrogens with zero attached hydrogens (tertiary/aromatic N) is 3. The molecular weight excluding hydrogens is 558 g/mol. The zero-order chi connectivity index (χ0) is 30.8. The standard InChI is InChI=1S/C43H39N3/c1-30(43(2)23-13-24-43)31-21-22-33-32(28-31)29-41(44-25-10-7-18-38(33)44)35-15-4-3-14-34(35)39-19-8-11-26-45(39)42-37-17-6-5-16-36(37)40-20-9-12-27-46(40)42/h3-12,14-22,25-30,40,42H,13,23-24H2,1-2H3/q+2. The van der Waals surface area contributed by atoms with E-state index in [1.165, 1.54) is 74.8 Å². The van der Waals surface area contributed by atoms with Gasteiger partial charge in [0.05, 0.1) is 22.6 Å². The molecule has 5 heterocycles. The predicted molar refractivity (Wildman–Crippen MR) is 186 cm³/mol. The van der Waals surface area contributed by atoms with E-state index in [0.29, 0.717) is 11.3 Å². The molecule has 0 saturated heterocycles. The van der Waals surface area contributed by atoms with Gasteiger partial charge in [0.1, 0.15) is 0 Å². The molecule has 3 aromatic carbocycles. The van der Waals surface area contributed by atoms with E-state index in [9.17, 15) is 0 Å². The first kappa shape index (κ1) is 27.3. The largest absolute Gasteiger partial charge is 0.306 e. The second kappa shape index (κ2) is 10.5. The summed E-state index contributed by atoms with van der Waals surface area (Å²) in [7, 11) is 0. The molecule has 1 fully saturated rings. The summed E-state index contributed by atoms with van der Waals surface area (Å²) in [6.45, 7) is 4.90. The molecule has 3 aromatic heterocycles. The van der Waals surface area contributed by atoms with E-state index < -0.39 is 0 Å². The second-order valence-electron chi connectivity index (χ2n) is 13.7. The van der Waals surface area contributed by atoms with Gasteiger partial charge in [-0.25, -0.2) is 0 Å². The summed E-state index contributed by atoms with van der Waals surface area (Å²) in [5.41, 5.74) is 10.7. The fraction of sp³-hybridized carbons (Fsp3) is 0.209. The molecule has 0 radical (unpaired) electrons. The predicted octanol–water partition coefficient (Wildman–Crippen LogP) is 9.48. The van der Waals surface area contributed by atoms with Gasteiger partial charge in [-0.15, -0.1) is 0 Å². The van der Waals surface area contributed by atoms with Crippen molar-refractivity contribution in [2.45, 2.75) is 51.2 Å². The van der Waals surface area contributed by atoms with Crippen LogP contribution in [0, 0.1) is 5.41 Å². The molecule has 3 nitrogen and oxygen atoms in total. The lowest BCUT2D eigenvalue weighted by atomic mass is 9.61. The summed E-state index contributed by atoms with van der Waals surface area (Å²) in [5, 5.41) is 2.60. The van der Waals surface area contributed by atoms with Gasteiger partial charge in [-0.05, 0) is 83.2 Å². The molecule has 0 N–H and O–H groups in total. The van der Waals surface area contributed by atoms with Gasteiger partial charge in [-0.1, -0.05) is 74.9 Å². The molecule has 3 heteroatoms. The van der Waals surface area contributed by atoms with Gasteiger partial charge in [0.25, 0.3) is 6.17 Å². The molecule has 224 valence electrons. The Hall–Kier alpha value is -5.02. The van der Waals surface area contributed by atoms with Crippen LogP contribution < -0.4 is 8.97 Å². The Labute approximate surface area is 271 Å². The van der Waals surface area contributed by atoms with Crippen molar-refractivity contribution < 1.29 is 8.97 Å². The van der Waals surface area contributed by atoms with Crippen molar-refractivity contribution in [1.82, 2.24) is 4.90 Å². The Balaban J connectivity index is 1.24. The van der Waals surface area contributed by atoms with Crippen LogP contribution in [0.4, 0.5) is 0 Å². The highest BCUT2D eigenvalue weighted by Gasteiger charge is 2.43. The van der Waals surface area contributed by atoms with Gasteiger partial charge >= 0.3 is 0 Å². The summed E-state index contributed by atoms with van der Waals surface area (Å²) in [4.78, 5) is 2.49. The first-order valence-corrected chi connectivity index (χ1v) is 16.8. The molecule has 1 aliphatic carbocycles. The summed E-state index contributed by atoms with van der Waals surface area (Å²) in [6.07, 6.45) is 17.4. The van der Waals surface area contributed by atoms with E-state index in [4.69, 9.17) is 0 Å². The lowest BCUT2D eigenvalue weighted by Gasteiger charge is -2.44. The van der Waals surface area contributed by atoms with E-state index in [-0.39, 0.29) is 12.2 Å². The molecule has 0 amide bonds. The Morgan fingerprint density at radius 2 is 1.48 bits per heavy atom.